The van der Waals surface area contributed by atoms with E-state index in [2.05, 4.69) is 21.9 Å². The molecule has 5 aromatic rings. The number of fused-ring (bicyclic) bond motifs is 8. The van der Waals surface area contributed by atoms with E-state index in [1.165, 1.54) is 33.5 Å². The molecule has 12 heteroatoms. The van der Waals surface area contributed by atoms with Crippen molar-refractivity contribution in [1.29, 1.82) is 0 Å². The number of hydrogen-bond acceptors (Lipinski definition) is 7. The Morgan fingerprint density at radius 1 is 1.09 bits per heavy atom. The Morgan fingerprint density at radius 3 is 2.64 bits per heavy atom. The number of halogens is 2. The second-order valence-corrected chi connectivity index (χ2v) is 11.7. The van der Waals surface area contributed by atoms with Crippen molar-refractivity contribution in [3.05, 3.63) is 100 Å². The molecule has 10 nitrogen and oxygen atoms in total. The molecule has 7 rings (SSSR count). The Morgan fingerprint density at radius 2 is 1.89 bits per heavy atom. The highest BCUT2D eigenvalue weighted by molar-refractivity contribution is 5.92. The molecule has 3 aromatic heterocycles. The molecule has 228 valence electrons. The molecule has 0 saturated carbocycles. The molecule has 1 atom stereocenters. The van der Waals surface area contributed by atoms with Gasteiger partial charge in [-0.15, -0.1) is 5.10 Å². The highest BCUT2D eigenvalue weighted by atomic mass is 19.1. The SMILES string of the molecule is C=CC(=O)N1CCN(c2nc(=O)n3c4nc(c(F)cc24)-c2c(F)cccc2-n2cc(nn2)Cc2cccc(C(C)C)c2-3)[C@@H](C)C1. The second kappa shape index (κ2) is 10.7. The molecular formula is C33H30F2N8O2. The van der Waals surface area contributed by atoms with Crippen LogP contribution in [0.5, 0.6) is 0 Å². The van der Waals surface area contributed by atoms with Crippen LogP contribution in [0.15, 0.2) is 66.1 Å². The predicted octanol–water partition coefficient (Wildman–Crippen LogP) is 4.56. The van der Waals surface area contributed by atoms with Gasteiger partial charge in [0.2, 0.25) is 5.91 Å². The fourth-order valence-electron chi connectivity index (χ4n) is 6.43. The summed E-state index contributed by atoms with van der Waals surface area (Å²) in [7, 11) is 0. The topological polar surface area (TPSA) is 102 Å². The first-order valence-corrected chi connectivity index (χ1v) is 14.8. The lowest BCUT2D eigenvalue weighted by Crippen LogP contribution is -2.54. The van der Waals surface area contributed by atoms with Crippen LogP contribution >= 0.6 is 0 Å². The third-order valence-electron chi connectivity index (χ3n) is 8.57. The average molecular weight is 609 g/mol. The molecular weight excluding hydrogens is 578 g/mol. The highest BCUT2D eigenvalue weighted by Gasteiger charge is 2.31. The zero-order chi connectivity index (χ0) is 31.6. The van der Waals surface area contributed by atoms with Gasteiger partial charge in [0.1, 0.15) is 17.3 Å². The lowest BCUT2D eigenvalue weighted by Gasteiger charge is -2.40. The first-order valence-electron chi connectivity index (χ1n) is 14.8. The number of piperazine rings is 1. The van der Waals surface area contributed by atoms with Crippen molar-refractivity contribution in [3.8, 4) is 22.6 Å². The summed E-state index contributed by atoms with van der Waals surface area (Å²) in [5.74, 6) is -1.42. The van der Waals surface area contributed by atoms with Gasteiger partial charge in [-0.2, -0.15) is 4.98 Å². The van der Waals surface area contributed by atoms with Gasteiger partial charge in [-0.05, 0) is 48.2 Å². The summed E-state index contributed by atoms with van der Waals surface area (Å²) in [5, 5.41) is 8.87. The van der Waals surface area contributed by atoms with Gasteiger partial charge in [-0.25, -0.2) is 27.8 Å². The fourth-order valence-corrected chi connectivity index (χ4v) is 6.43. The van der Waals surface area contributed by atoms with E-state index in [9.17, 15) is 9.59 Å². The Kier molecular flexibility index (Phi) is 6.79. The van der Waals surface area contributed by atoms with Gasteiger partial charge in [0, 0.05) is 32.1 Å². The molecule has 45 heavy (non-hydrogen) atoms. The number of carbonyl (C=O) groups is 1. The second-order valence-electron chi connectivity index (χ2n) is 11.7. The number of amides is 1. The van der Waals surface area contributed by atoms with Gasteiger partial charge in [0.15, 0.2) is 11.5 Å². The van der Waals surface area contributed by atoms with Crippen molar-refractivity contribution < 1.29 is 13.6 Å². The van der Waals surface area contributed by atoms with E-state index in [4.69, 9.17) is 4.98 Å². The van der Waals surface area contributed by atoms with E-state index in [-0.39, 0.29) is 46.3 Å². The minimum Gasteiger partial charge on any atom is -0.350 e. The summed E-state index contributed by atoms with van der Waals surface area (Å²) in [6, 6.07) is 11.2. The molecule has 4 bridgehead atoms. The Bertz CT molecular complexity index is 2090. The maximum atomic E-state index is 16.3. The number of pyridine rings is 1. The van der Waals surface area contributed by atoms with E-state index < -0.39 is 17.3 Å². The van der Waals surface area contributed by atoms with E-state index in [0.29, 0.717) is 42.8 Å². The van der Waals surface area contributed by atoms with Crippen LogP contribution in [0.1, 0.15) is 43.5 Å². The van der Waals surface area contributed by atoms with Crippen molar-refractivity contribution in [3.63, 3.8) is 0 Å². The number of benzene rings is 2. The quantitative estimate of drug-likeness (QED) is 0.272. The summed E-state index contributed by atoms with van der Waals surface area (Å²) in [4.78, 5) is 39.5. The first kappa shape index (κ1) is 28.5. The van der Waals surface area contributed by atoms with Crippen molar-refractivity contribution in [2.75, 3.05) is 24.5 Å². The molecule has 0 N–H and O–H groups in total. The van der Waals surface area contributed by atoms with Crippen molar-refractivity contribution in [2.45, 2.75) is 39.2 Å². The average Bonchev–Trinajstić information content (AvgIpc) is 3.48. The van der Waals surface area contributed by atoms with Gasteiger partial charge < -0.3 is 9.80 Å². The van der Waals surface area contributed by atoms with Crippen molar-refractivity contribution >= 4 is 22.8 Å². The number of rotatable bonds is 3. The minimum atomic E-state index is -0.787. The van der Waals surface area contributed by atoms with Crippen LogP contribution in [0.4, 0.5) is 14.6 Å². The van der Waals surface area contributed by atoms with Gasteiger partial charge in [-0.3, -0.25) is 4.79 Å². The Labute approximate surface area is 257 Å². The molecule has 1 fully saturated rings. The van der Waals surface area contributed by atoms with Gasteiger partial charge in [-0.1, -0.05) is 49.9 Å². The summed E-state index contributed by atoms with van der Waals surface area (Å²) in [6.07, 6.45) is 3.26. The largest absolute Gasteiger partial charge is 0.355 e. The first-order chi connectivity index (χ1) is 21.7. The van der Waals surface area contributed by atoms with E-state index in [1.807, 2.05) is 43.9 Å². The molecule has 0 unspecified atom stereocenters. The molecule has 2 aliphatic rings. The third kappa shape index (κ3) is 4.59. The predicted molar refractivity (Wildman–Crippen MR) is 166 cm³/mol. The van der Waals surface area contributed by atoms with Crippen LogP contribution in [0.2, 0.25) is 0 Å². The zero-order valence-electron chi connectivity index (χ0n) is 25.0. The van der Waals surface area contributed by atoms with Crippen LogP contribution in [0.25, 0.3) is 33.7 Å². The maximum Gasteiger partial charge on any atom is 0.355 e. The van der Waals surface area contributed by atoms with Crippen LogP contribution in [0.3, 0.4) is 0 Å². The van der Waals surface area contributed by atoms with E-state index in [1.54, 1.807) is 17.2 Å². The van der Waals surface area contributed by atoms with E-state index in [0.717, 1.165) is 11.1 Å². The summed E-state index contributed by atoms with van der Waals surface area (Å²) in [5.41, 5.74) is 2.23. The van der Waals surface area contributed by atoms with Crippen LogP contribution in [0, 0.1) is 11.6 Å². The fraction of sp³-hybridized carbons (Fsp3) is 0.273. The number of hydrogen-bond donors (Lipinski definition) is 0. The molecule has 1 saturated heterocycles. The lowest BCUT2D eigenvalue weighted by molar-refractivity contribution is -0.126. The molecule has 1 amide bonds. The van der Waals surface area contributed by atoms with Crippen molar-refractivity contribution in [2.24, 2.45) is 0 Å². The van der Waals surface area contributed by atoms with Gasteiger partial charge >= 0.3 is 5.69 Å². The lowest BCUT2D eigenvalue weighted by atomic mass is 9.95. The molecule has 0 radical (unpaired) electrons. The number of para-hydroxylation sites is 1. The third-order valence-corrected chi connectivity index (χ3v) is 8.57. The van der Waals surface area contributed by atoms with Gasteiger partial charge in [0.25, 0.3) is 0 Å². The van der Waals surface area contributed by atoms with Crippen LogP contribution < -0.4 is 10.6 Å². The van der Waals surface area contributed by atoms with Crippen LogP contribution in [-0.2, 0) is 11.2 Å². The monoisotopic (exact) mass is 608 g/mol. The van der Waals surface area contributed by atoms with E-state index >= 15 is 8.78 Å². The molecule has 0 aliphatic carbocycles. The number of nitrogens with zero attached hydrogens (tertiary/aromatic N) is 8. The Balaban J connectivity index is 1.58. The number of carbonyl (C=O) groups excluding carboxylic acids is 1. The standard InChI is InChI=1S/C33H30F2N8O2/c1-5-27(44)40-12-13-41(19(4)16-40)31-23-15-25(35)29-28-24(34)10-7-11-26(28)42-17-21(38-39-42)14-20-8-6-9-22(18(2)3)30(20)43(32(23)36-29)33(45)37-31/h5-11,15,17-19H,1,12-14,16H2,2-4H3/t19-/m0/s1. The normalized spacial score (nSPS) is 15.9. The molecule has 5 heterocycles. The summed E-state index contributed by atoms with van der Waals surface area (Å²) < 4.78 is 34.8. The smallest absolute Gasteiger partial charge is 0.350 e. The number of aromatic nitrogens is 6. The van der Waals surface area contributed by atoms with Gasteiger partial charge in [0.05, 0.1) is 34.2 Å². The summed E-state index contributed by atoms with van der Waals surface area (Å²) >= 11 is 0. The van der Waals surface area contributed by atoms with Crippen LogP contribution in [-0.4, -0.2) is 66.0 Å². The summed E-state index contributed by atoms with van der Waals surface area (Å²) in [6.45, 7) is 10.6. The molecule has 2 aliphatic heterocycles. The maximum absolute atomic E-state index is 16.3. The Hall–Kier alpha value is -5.26. The minimum absolute atomic E-state index is 0.00116. The zero-order valence-corrected chi connectivity index (χ0v) is 25.0. The molecule has 0 spiro atoms. The molecule has 2 aromatic carbocycles. The van der Waals surface area contributed by atoms with Crippen molar-refractivity contribution in [1.82, 2.24) is 34.4 Å². The highest BCUT2D eigenvalue weighted by Crippen LogP contribution is 2.37. The number of anilines is 1.